The molecule has 0 saturated heterocycles. The highest BCUT2D eigenvalue weighted by atomic mass is 35.5. The molecule has 1 aromatic heterocycles. The second kappa shape index (κ2) is 9.82. The molecule has 2 aliphatic rings. The maximum absolute atomic E-state index is 14.6. The number of benzene rings is 2. The Morgan fingerprint density at radius 2 is 1.87 bits per heavy atom. The fourth-order valence-corrected chi connectivity index (χ4v) is 6.22. The number of rotatable bonds is 7. The zero-order valence-corrected chi connectivity index (χ0v) is 22.2. The largest absolute Gasteiger partial charge is 0.416 e. The summed E-state index contributed by atoms with van der Waals surface area (Å²) in [7, 11) is 0. The Hall–Kier alpha value is -2.66. The average molecular weight is 568 g/mol. The number of amides is 1. The van der Waals surface area contributed by atoms with Gasteiger partial charge in [0, 0.05) is 33.8 Å². The molecular formula is C26H26Cl2F3N5O2. The van der Waals surface area contributed by atoms with Crippen LogP contribution >= 0.6 is 23.2 Å². The van der Waals surface area contributed by atoms with E-state index in [0.29, 0.717) is 6.04 Å². The van der Waals surface area contributed by atoms with Crippen LogP contribution in [0.5, 0.6) is 0 Å². The van der Waals surface area contributed by atoms with Gasteiger partial charge in [0.25, 0.3) is 5.91 Å². The zero-order chi connectivity index (χ0) is 27.4. The number of anilines is 1. The summed E-state index contributed by atoms with van der Waals surface area (Å²) in [6.45, 7) is 6.11. The highest BCUT2D eigenvalue weighted by Gasteiger charge is 2.57. The minimum Gasteiger partial charge on any atom is -0.372 e. The first-order valence-corrected chi connectivity index (χ1v) is 13.1. The molecule has 0 bridgehead atoms. The summed E-state index contributed by atoms with van der Waals surface area (Å²) >= 11 is 12.4. The van der Waals surface area contributed by atoms with Crippen molar-refractivity contribution < 1.29 is 23.1 Å². The molecule has 7 nitrogen and oxygen atoms in total. The van der Waals surface area contributed by atoms with Gasteiger partial charge in [0.2, 0.25) is 0 Å². The van der Waals surface area contributed by atoms with Crippen LogP contribution in [0.1, 0.15) is 43.4 Å². The normalized spacial score (nSPS) is 23.2. The summed E-state index contributed by atoms with van der Waals surface area (Å²) in [5.41, 5.74) is -4.50. The molecule has 2 heterocycles. The molecule has 38 heavy (non-hydrogen) atoms. The Kier molecular flexibility index (Phi) is 6.96. The lowest BCUT2D eigenvalue weighted by Gasteiger charge is -2.43. The van der Waals surface area contributed by atoms with E-state index in [1.54, 1.807) is 0 Å². The molecule has 2 aromatic carbocycles. The summed E-state index contributed by atoms with van der Waals surface area (Å²) in [5.74, 6) is -0.825. The topological polar surface area (TPSA) is 74.5 Å². The molecular weight excluding hydrogens is 542 g/mol. The number of alkyl halides is 3. The number of fused-ring (bicyclic) bond motifs is 1. The molecule has 1 fully saturated rings. The van der Waals surface area contributed by atoms with E-state index < -0.39 is 28.8 Å². The fraction of sp³-hybridized carbons (Fsp3) is 0.423. The van der Waals surface area contributed by atoms with E-state index in [1.165, 1.54) is 46.2 Å². The van der Waals surface area contributed by atoms with Gasteiger partial charge in [0.05, 0.1) is 29.3 Å². The first-order chi connectivity index (χ1) is 18.0. The predicted molar refractivity (Wildman–Crippen MR) is 138 cm³/mol. The van der Waals surface area contributed by atoms with Crippen LogP contribution in [0.15, 0.2) is 42.7 Å². The highest BCUT2D eigenvalue weighted by Crippen LogP contribution is 2.53. The maximum Gasteiger partial charge on any atom is 0.416 e. The van der Waals surface area contributed by atoms with Crippen molar-refractivity contribution in [2.75, 3.05) is 24.5 Å². The lowest BCUT2D eigenvalue weighted by Crippen LogP contribution is -2.50. The van der Waals surface area contributed by atoms with Gasteiger partial charge in [-0.1, -0.05) is 48.3 Å². The van der Waals surface area contributed by atoms with Gasteiger partial charge in [-0.05, 0) is 56.1 Å². The molecule has 1 amide bonds. The van der Waals surface area contributed by atoms with Crippen molar-refractivity contribution in [2.24, 2.45) is 5.92 Å². The third-order valence-corrected chi connectivity index (χ3v) is 8.15. The minimum absolute atomic E-state index is 0.0323. The van der Waals surface area contributed by atoms with Crippen molar-refractivity contribution in [3.05, 3.63) is 69.5 Å². The van der Waals surface area contributed by atoms with Gasteiger partial charge in [0.1, 0.15) is 0 Å². The van der Waals surface area contributed by atoms with Gasteiger partial charge >= 0.3 is 6.18 Å². The lowest BCUT2D eigenvalue weighted by molar-refractivity contribution is -0.142. The lowest BCUT2D eigenvalue weighted by atomic mass is 9.78. The smallest absolute Gasteiger partial charge is 0.372 e. The van der Waals surface area contributed by atoms with E-state index in [9.17, 15) is 23.1 Å². The van der Waals surface area contributed by atoms with Crippen LogP contribution in [-0.4, -0.2) is 56.6 Å². The average Bonchev–Trinajstić information content (AvgIpc) is 3.44. The minimum atomic E-state index is -4.89. The molecule has 1 aliphatic heterocycles. The molecule has 1 N–H and O–H groups in total. The highest BCUT2D eigenvalue weighted by molar-refractivity contribution is 6.35. The van der Waals surface area contributed by atoms with E-state index in [1.807, 2.05) is 0 Å². The Labute approximate surface area is 227 Å². The third kappa shape index (κ3) is 4.37. The second-order valence-electron chi connectivity index (χ2n) is 9.70. The van der Waals surface area contributed by atoms with Gasteiger partial charge in [-0.2, -0.15) is 13.2 Å². The van der Waals surface area contributed by atoms with E-state index in [2.05, 4.69) is 29.1 Å². The van der Waals surface area contributed by atoms with Gasteiger partial charge in [0.15, 0.2) is 5.60 Å². The van der Waals surface area contributed by atoms with E-state index in [-0.39, 0.29) is 39.4 Å². The Morgan fingerprint density at radius 1 is 1.16 bits per heavy atom. The molecule has 1 aliphatic carbocycles. The number of hydrogen-bond donors (Lipinski definition) is 1. The van der Waals surface area contributed by atoms with Gasteiger partial charge < -0.3 is 14.9 Å². The number of carbonyl (C=O) groups excluding carboxylic acids is 1. The predicted octanol–water partition coefficient (Wildman–Crippen LogP) is 5.30. The Morgan fingerprint density at radius 3 is 2.45 bits per heavy atom. The summed E-state index contributed by atoms with van der Waals surface area (Å²) in [6, 6.07) is 6.61. The number of carbonyl (C=O) groups is 1. The van der Waals surface area contributed by atoms with Crippen LogP contribution in [0.25, 0.3) is 5.69 Å². The molecule has 1 unspecified atom stereocenters. The second-order valence-corrected chi connectivity index (χ2v) is 10.5. The third-order valence-electron chi connectivity index (χ3n) is 7.60. The summed E-state index contributed by atoms with van der Waals surface area (Å²) in [4.78, 5) is 17.6. The monoisotopic (exact) mass is 567 g/mol. The van der Waals surface area contributed by atoms with E-state index in [0.717, 1.165) is 32.0 Å². The van der Waals surface area contributed by atoms with Crippen LogP contribution < -0.4 is 4.90 Å². The molecule has 5 rings (SSSR count). The quantitative estimate of drug-likeness (QED) is 0.419. The zero-order valence-electron chi connectivity index (χ0n) is 20.7. The van der Waals surface area contributed by atoms with Crippen LogP contribution in [0, 0.1) is 5.92 Å². The Bertz CT molecular complexity index is 1360. The number of halogens is 5. The number of aromatic nitrogens is 3. The van der Waals surface area contributed by atoms with Crippen LogP contribution in [-0.2, 0) is 16.6 Å². The van der Waals surface area contributed by atoms with Crippen molar-refractivity contribution in [2.45, 2.75) is 44.5 Å². The van der Waals surface area contributed by atoms with Crippen LogP contribution in [0.4, 0.5) is 18.9 Å². The van der Waals surface area contributed by atoms with Crippen molar-refractivity contribution in [1.29, 1.82) is 0 Å². The number of hydrogen-bond acceptors (Lipinski definition) is 5. The summed E-state index contributed by atoms with van der Waals surface area (Å²) < 4.78 is 44.8. The first kappa shape index (κ1) is 26.9. The van der Waals surface area contributed by atoms with Crippen molar-refractivity contribution in [3.63, 3.8) is 0 Å². The fourth-order valence-electron chi connectivity index (χ4n) is 5.68. The Balaban J connectivity index is 1.66. The number of aliphatic hydroxyl groups is 1. The van der Waals surface area contributed by atoms with Gasteiger partial charge in [-0.15, -0.1) is 5.10 Å². The molecule has 12 heteroatoms. The molecule has 202 valence electrons. The van der Waals surface area contributed by atoms with E-state index >= 15 is 0 Å². The van der Waals surface area contributed by atoms with Crippen molar-refractivity contribution >= 4 is 34.8 Å². The van der Waals surface area contributed by atoms with Gasteiger partial charge in [-0.25, -0.2) is 4.68 Å². The van der Waals surface area contributed by atoms with Gasteiger partial charge in [-0.3, -0.25) is 4.79 Å². The van der Waals surface area contributed by atoms with E-state index in [4.69, 9.17) is 23.2 Å². The van der Waals surface area contributed by atoms with Crippen LogP contribution in [0.2, 0.25) is 10.0 Å². The standard InChI is InChI=1S/C26H26Cl2F3N5O2/c1-3-34(4-2)17-9-15(10-17)14-35-22-13-18(36-8-7-32-33-36)12-20(26(29,30)31)23(22)25(38,24(35)37)19-6-5-16(27)11-21(19)28/h5-8,11-13,15,17,38H,3-4,9-10,14H2,1-2H3. The SMILES string of the molecule is CCN(CC)C1CC(CN2C(=O)C(O)(c3ccc(Cl)cc3Cl)c3c2cc(-n2ccnn2)cc3C(F)(F)F)C1. The van der Waals surface area contributed by atoms with Crippen molar-refractivity contribution in [3.8, 4) is 5.69 Å². The van der Waals surface area contributed by atoms with Crippen molar-refractivity contribution in [1.82, 2.24) is 19.9 Å². The van der Waals surface area contributed by atoms with Crippen LogP contribution in [0.3, 0.4) is 0 Å². The molecule has 1 saturated carbocycles. The summed E-state index contributed by atoms with van der Waals surface area (Å²) in [6.07, 6.45) is -0.541. The first-order valence-electron chi connectivity index (χ1n) is 12.3. The number of nitrogens with zero attached hydrogens (tertiary/aromatic N) is 5. The summed E-state index contributed by atoms with van der Waals surface area (Å²) in [5, 5.41) is 19.6. The maximum atomic E-state index is 14.6. The molecule has 1 atom stereocenters. The molecule has 0 spiro atoms. The molecule has 3 aromatic rings. The molecule has 0 radical (unpaired) electrons.